The van der Waals surface area contributed by atoms with E-state index in [1.807, 2.05) is 0 Å². The molecule has 2 heterocycles. The summed E-state index contributed by atoms with van der Waals surface area (Å²) in [6.45, 7) is 0.482. The lowest BCUT2D eigenvalue weighted by Crippen LogP contribution is -2.25. The Bertz CT molecular complexity index is 512. The molecule has 3 N–H and O–H groups in total. The van der Waals surface area contributed by atoms with Crippen molar-refractivity contribution in [1.82, 2.24) is 25.5 Å². The normalized spacial score (nSPS) is 10.2. The molecule has 0 aliphatic carbocycles. The maximum absolute atomic E-state index is 11.7. The van der Waals surface area contributed by atoms with Crippen molar-refractivity contribution in [2.75, 3.05) is 6.54 Å². The van der Waals surface area contributed by atoms with E-state index in [1.54, 1.807) is 6.07 Å². The molecule has 0 atom stereocenters. The number of aromatic hydroxyl groups is 1. The number of hydrogen-bond acceptors (Lipinski definition) is 5. The first-order valence-corrected chi connectivity index (χ1v) is 5.54. The molecule has 0 aliphatic heterocycles. The van der Waals surface area contributed by atoms with Crippen molar-refractivity contribution >= 4 is 5.91 Å². The number of amides is 1. The van der Waals surface area contributed by atoms with Gasteiger partial charge in [0.25, 0.3) is 5.91 Å². The van der Waals surface area contributed by atoms with Crippen LogP contribution in [0.1, 0.15) is 22.7 Å². The highest BCUT2D eigenvalue weighted by molar-refractivity contribution is 5.94. The number of aromatic nitrogens is 4. The third-order valence-corrected chi connectivity index (χ3v) is 2.34. The van der Waals surface area contributed by atoms with Crippen molar-refractivity contribution in [3.05, 3.63) is 36.2 Å². The van der Waals surface area contributed by atoms with Gasteiger partial charge < -0.3 is 10.4 Å². The molecule has 0 bridgehead atoms. The molecule has 0 aromatic carbocycles. The van der Waals surface area contributed by atoms with E-state index < -0.39 is 0 Å². The molecule has 18 heavy (non-hydrogen) atoms. The van der Waals surface area contributed by atoms with Gasteiger partial charge in [-0.05, 0) is 18.6 Å². The van der Waals surface area contributed by atoms with Crippen LogP contribution in [0.2, 0.25) is 0 Å². The summed E-state index contributed by atoms with van der Waals surface area (Å²) in [6, 6.07) is 2.99. The molecule has 0 fully saturated rings. The molecule has 0 saturated heterocycles. The van der Waals surface area contributed by atoms with Gasteiger partial charge in [0, 0.05) is 19.2 Å². The molecule has 7 heteroatoms. The van der Waals surface area contributed by atoms with Gasteiger partial charge in [-0.15, -0.1) is 0 Å². The number of hydrogen-bond donors (Lipinski definition) is 3. The molecule has 2 aromatic heterocycles. The summed E-state index contributed by atoms with van der Waals surface area (Å²) >= 11 is 0. The van der Waals surface area contributed by atoms with Gasteiger partial charge in [0.15, 0.2) is 5.69 Å². The average molecular weight is 247 g/mol. The van der Waals surface area contributed by atoms with Gasteiger partial charge in [-0.25, -0.2) is 9.97 Å². The van der Waals surface area contributed by atoms with Crippen LogP contribution in [0.25, 0.3) is 0 Å². The molecule has 0 radical (unpaired) electrons. The molecule has 0 spiro atoms. The predicted molar refractivity (Wildman–Crippen MR) is 62.9 cm³/mol. The summed E-state index contributed by atoms with van der Waals surface area (Å²) in [5.74, 6) is 0.279. The second-order valence-electron chi connectivity index (χ2n) is 3.66. The Morgan fingerprint density at radius 2 is 2.33 bits per heavy atom. The molecule has 7 nitrogen and oxygen atoms in total. The lowest BCUT2D eigenvalue weighted by Gasteiger charge is -2.04. The summed E-state index contributed by atoms with van der Waals surface area (Å²) < 4.78 is 0. The number of H-pyrrole nitrogens is 1. The van der Waals surface area contributed by atoms with Crippen molar-refractivity contribution in [1.29, 1.82) is 0 Å². The van der Waals surface area contributed by atoms with Crippen LogP contribution >= 0.6 is 0 Å². The van der Waals surface area contributed by atoms with E-state index in [-0.39, 0.29) is 17.4 Å². The van der Waals surface area contributed by atoms with E-state index in [4.69, 9.17) is 0 Å². The van der Waals surface area contributed by atoms with E-state index in [0.29, 0.717) is 13.0 Å². The number of pyridine rings is 1. The SMILES string of the molecule is O=C(NCCCc1ncn[nH]1)c1ncccc1O. The Balaban J connectivity index is 1.77. The Morgan fingerprint density at radius 3 is 3.06 bits per heavy atom. The van der Waals surface area contributed by atoms with E-state index in [2.05, 4.69) is 25.5 Å². The van der Waals surface area contributed by atoms with Crippen LogP contribution < -0.4 is 5.32 Å². The molecular formula is C11H13N5O2. The first kappa shape index (κ1) is 12.0. The Kier molecular flexibility index (Phi) is 3.85. The summed E-state index contributed by atoms with van der Waals surface area (Å²) in [5.41, 5.74) is 0.0390. The number of nitrogens with one attached hydrogen (secondary N) is 2. The van der Waals surface area contributed by atoms with Crippen LogP contribution in [0.4, 0.5) is 0 Å². The summed E-state index contributed by atoms with van der Waals surface area (Å²) in [7, 11) is 0. The van der Waals surface area contributed by atoms with E-state index in [1.165, 1.54) is 18.6 Å². The van der Waals surface area contributed by atoms with Crippen molar-refractivity contribution in [2.24, 2.45) is 0 Å². The number of carbonyl (C=O) groups is 1. The first-order valence-electron chi connectivity index (χ1n) is 5.54. The highest BCUT2D eigenvalue weighted by Crippen LogP contribution is 2.11. The Morgan fingerprint density at radius 1 is 1.44 bits per heavy atom. The number of rotatable bonds is 5. The van der Waals surface area contributed by atoms with E-state index in [9.17, 15) is 9.90 Å². The van der Waals surface area contributed by atoms with Crippen molar-refractivity contribution in [2.45, 2.75) is 12.8 Å². The third-order valence-electron chi connectivity index (χ3n) is 2.34. The lowest BCUT2D eigenvalue weighted by molar-refractivity contribution is 0.0945. The molecule has 2 aromatic rings. The van der Waals surface area contributed by atoms with Gasteiger partial charge in [0.2, 0.25) is 0 Å². The fraction of sp³-hybridized carbons (Fsp3) is 0.273. The zero-order valence-electron chi connectivity index (χ0n) is 9.63. The minimum atomic E-state index is -0.384. The highest BCUT2D eigenvalue weighted by Gasteiger charge is 2.10. The van der Waals surface area contributed by atoms with Gasteiger partial charge in [-0.2, -0.15) is 5.10 Å². The molecule has 1 amide bonds. The van der Waals surface area contributed by atoms with Crippen molar-refractivity contribution in [3.8, 4) is 5.75 Å². The van der Waals surface area contributed by atoms with Crippen molar-refractivity contribution in [3.63, 3.8) is 0 Å². The number of aromatic amines is 1. The minimum absolute atomic E-state index is 0.0390. The summed E-state index contributed by atoms with van der Waals surface area (Å²) in [4.78, 5) is 19.4. The van der Waals surface area contributed by atoms with E-state index >= 15 is 0 Å². The highest BCUT2D eigenvalue weighted by atomic mass is 16.3. The monoisotopic (exact) mass is 247 g/mol. The summed E-state index contributed by atoms with van der Waals surface area (Å²) in [5, 5.41) is 18.6. The van der Waals surface area contributed by atoms with Gasteiger partial charge in [0.05, 0.1) is 0 Å². The number of nitrogens with zero attached hydrogens (tertiary/aromatic N) is 3. The largest absolute Gasteiger partial charge is 0.505 e. The smallest absolute Gasteiger partial charge is 0.273 e. The minimum Gasteiger partial charge on any atom is -0.505 e. The van der Waals surface area contributed by atoms with Crippen LogP contribution in [-0.4, -0.2) is 37.7 Å². The second-order valence-corrected chi connectivity index (χ2v) is 3.66. The number of carbonyl (C=O) groups excluding carboxylic acids is 1. The Hall–Kier alpha value is -2.44. The fourth-order valence-corrected chi connectivity index (χ4v) is 1.46. The lowest BCUT2D eigenvalue weighted by atomic mass is 10.2. The van der Waals surface area contributed by atoms with Crippen LogP contribution in [-0.2, 0) is 6.42 Å². The quantitative estimate of drug-likeness (QED) is 0.658. The number of aryl methyl sites for hydroxylation is 1. The van der Waals surface area contributed by atoms with Gasteiger partial charge in [0.1, 0.15) is 17.9 Å². The predicted octanol–water partition coefficient (Wildman–Crippen LogP) is 0.268. The molecule has 0 aliphatic rings. The van der Waals surface area contributed by atoms with E-state index in [0.717, 1.165) is 12.2 Å². The first-order chi connectivity index (χ1) is 8.77. The second kappa shape index (κ2) is 5.76. The van der Waals surface area contributed by atoms with Gasteiger partial charge in [-0.3, -0.25) is 9.89 Å². The maximum Gasteiger partial charge on any atom is 0.273 e. The van der Waals surface area contributed by atoms with Crippen LogP contribution in [0, 0.1) is 0 Å². The fourth-order valence-electron chi connectivity index (χ4n) is 1.46. The standard InChI is InChI=1S/C11H13N5O2/c17-8-3-1-5-12-10(8)11(18)13-6-2-4-9-14-7-15-16-9/h1,3,5,7,17H,2,4,6H2,(H,13,18)(H,14,15,16). The van der Waals surface area contributed by atoms with Crippen LogP contribution in [0.15, 0.2) is 24.7 Å². The third kappa shape index (κ3) is 3.03. The maximum atomic E-state index is 11.7. The van der Waals surface area contributed by atoms with Gasteiger partial charge in [-0.1, -0.05) is 0 Å². The zero-order valence-corrected chi connectivity index (χ0v) is 9.63. The average Bonchev–Trinajstić information content (AvgIpc) is 2.88. The zero-order chi connectivity index (χ0) is 12.8. The summed E-state index contributed by atoms with van der Waals surface area (Å²) in [6.07, 6.45) is 4.34. The molecule has 2 rings (SSSR count). The van der Waals surface area contributed by atoms with Crippen LogP contribution in [0.3, 0.4) is 0 Å². The van der Waals surface area contributed by atoms with Gasteiger partial charge >= 0.3 is 0 Å². The topological polar surface area (TPSA) is 104 Å². The molecule has 0 saturated carbocycles. The molecule has 94 valence electrons. The molecular weight excluding hydrogens is 234 g/mol. The van der Waals surface area contributed by atoms with Crippen LogP contribution in [0.5, 0.6) is 5.75 Å². The van der Waals surface area contributed by atoms with Crippen molar-refractivity contribution < 1.29 is 9.90 Å². The Labute approximate surface area is 103 Å². The molecule has 0 unspecified atom stereocenters.